The average Bonchev–Trinajstić information content (AvgIpc) is 2.73. The van der Waals surface area contributed by atoms with E-state index in [-0.39, 0.29) is 45.4 Å². The first-order chi connectivity index (χ1) is 14.8. The van der Waals surface area contributed by atoms with E-state index in [0.717, 1.165) is 38.7 Å². The Balaban J connectivity index is 1.57. The van der Waals surface area contributed by atoms with E-state index in [2.05, 4.69) is 54.5 Å². The molecule has 4 fully saturated rings. The lowest BCUT2D eigenvalue weighted by atomic mass is 9.34. The van der Waals surface area contributed by atoms with Crippen molar-refractivity contribution in [2.75, 3.05) is 13.2 Å². The second-order valence-corrected chi connectivity index (χ2v) is 14.5. The number of hydrogen-bond donors (Lipinski definition) is 2. The van der Waals surface area contributed by atoms with Crippen LogP contribution in [0.15, 0.2) is 11.6 Å². The van der Waals surface area contributed by atoms with E-state index in [9.17, 15) is 10.2 Å². The summed E-state index contributed by atoms with van der Waals surface area (Å²) in [6.45, 7) is 18.0. The lowest BCUT2D eigenvalue weighted by Gasteiger charge is -2.71. The van der Waals surface area contributed by atoms with Crippen molar-refractivity contribution in [1.82, 2.24) is 0 Å². The molecule has 0 spiro atoms. The van der Waals surface area contributed by atoms with Gasteiger partial charge in [0, 0.05) is 11.3 Å². The molecule has 182 valence electrons. The molecule has 32 heavy (non-hydrogen) atoms. The molecular weight excluding hydrogens is 396 g/mol. The zero-order chi connectivity index (χ0) is 23.4. The number of allylic oxidation sites excluding steroid dienone is 1. The van der Waals surface area contributed by atoms with E-state index >= 15 is 0 Å². The van der Waals surface area contributed by atoms with Crippen molar-refractivity contribution in [2.45, 2.75) is 112 Å². The second-order valence-electron chi connectivity index (χ2n) is 14.5. The van der Waals surface area contributed by atoms with Gasteiger partial charge in [0.2, 0.25) is 0 Å². The Kier molecular flexibility index (Phi) is 5.00. The number of ether oxygens (including phenoxy) is 1. The van der Waals surface area contributed by atoms with Crippen LogP contribution in [0.1, 0.15) is 99.8 Å². The minimum absolute atomic E-state index is 0.00439. The van der Waals surface area contributed by atoms with Crippen LogP contribution in [-0.4, -0.2) is 35.1 Å². The molecule has 9 atom stereocenters. The summed E-state index contributed by atoms with van der Waals surface area (Å²) in [5, 5.41) is 21.3. The molecule has 0 aromatic carbocycles. The van der Waals surface area contributed by atoms with E-state index in [0.29, 0.717) is 17.8 Å². The predicted molar refractivity (Wildman–Crippen MR) is 129 cm³/mol. The molecule has 3 saturated carbocycles. The fourth-order valence-electron chi connectivity index (χ4n) is 9.99. The smallest absolute Gasteiger partial charge is 0.0720 e. The Morgan fingerprint density at radius 3 is 2.34 bits per heavy atom. The van der Waals surface area contributed by atoms with Crippen LogP contribution in [0.5, 0.6) is 0 Å². The third kappa shape index (κ3) is 2.77. The monoisotopic (exact) mass is 444 g/mol. The maximum Gasteiger partial charge on any atom is 0.0720 e. The lowest BCUT2D eigenvalue weighted by molar-refractivity contribution is -0.225. The van der Waals surface area contributed by atoms with Crippen LogP contribution < -0.4 is 0 Å². The minimum atomic E-state index is -0.378. The summed E-state index contributed by atoms with van der Waals surface area (Å²) in [7, 11) is 0. The minimum Gasteiger partial charge on any atom is -0.396 e. The zero-order valence-corrected chi connectivity index (χ0v) is 21.8. The summed E-state index contributed by atoms with van der Waals surface area (Å²) in [5.41, 5.74) is 2.24. The van der Waals surface area contributed by atoms with Crippen molar-refractivity contribution in [3.8, 4) is 0 Å². The quantitative estimate of drug-likeness (QED) is 0.478. The van der Waals surface area contributed by atoms with Gasteiger partial charge in [-0.25, -0.2) is 0 Å². The van der Waals surface area contributed by atoms with Crippen LogP contribution in [0.2, 0.25) is 0 Å². The number of hydrogen-bond acceptors (Lipinski definition) is 3. The summed E-state index contributed by atoms with van der Waals surface area (Å²) in [6, 6.07) is 0. The summed E-state index contributed by atoms with van der Waals surface area (Å²) in [4.78, 5) is 0. The highest BCUT2D eigenvalue weighted by molar-refractivity contribution is 5.34. The van der Waals surface area contributed by atoms with Crippen LogP contribution >= 0.6 is 0 Å². The first-order valence-corrected chi connectivity index (χ1v) is 13.4. The van der Waals surface area contributed by atoms with E-state index in [1.54, 1.807) is 5.57 Å². The van der Waals surface area contributed by atoms with E-state index < -0.39 is 0 Å². The third-order valence-electron chi connectivity index (χ3n) is 12.4. The van der Waals surface area contributed by atoms with E-state index in [4.69, 9.17) is 4.74 Å². The molecule has 5 rings (SSSR count). The van der Waals surface area contributed by atoms with Gasteiger partial charge in [0.25, 0.3) is 0 Å². The summed E-state index contributed by atoms with van der Waals surface area (Å²) in [6.07, 6.45) is 11.3. The third-order valence-corrected chi connectivity index (χ3v) is 12.4. The van der Waals surface area contributed by atoms with Crippen molar-refractivity contribution < 1.29 is 14.9 Å². The van der Waals surface area contributed by atoms with Gasteiger partial charge in [-0.15, -0.1) is 0 Å². The molecule has 1 saturated heterocycles. The van der Waals surface area contributed by atoms with Gasteiger partial charge in [0.1, 0.15) is 0 Å². The van der Waals surface area contributed by atoms with Gasteiger partial charge >= 0.3 is 0 Å². The van der Waals surface area contributed by atoms with E-state index in [1.807, 2.05) is 0 Å². The molecule has 0 amide bonds. The zero-order valence-electron chi connectivity index (χ0n) is 21.8. The summed E-state index contributed by atoms with van der Waals surface area (Å²) < 4.78 is 6.61. The van der Waals surface area contributed by atoms with Crippen molar-refractivity contribution in [3.05, 3.63) is 11.6 Å². The highest BCUT2D eigenvalue weighted by atomic mass is 16.5. The molecule has 1 aliphatic heterocycles. The van der Waals surface area contributed by atoms with Crippen LogP contribution in [0, 0.1) is 44.8 Å². The van der Waals surface area contributed by atoms with Crippen molar-refractivity contribution in [3.63, 3.8) is 0 Å². The molecule has 5 aliphatic rings. The SMILES string of the molecule is CC1(C)CO[C@]2(C)CC[C@]3(C)C(=CC[C@@H]4[C@@]5(C)CC[C@H](O)[C@@](C)(CO)C5CC[C@]43C)[C@H]2C1. The van der Waals surface area contributed by atoms with Crippen LogP contribution in [0.25, 0.3) is 0 Å². The maximum atomic E-state index is 10.9. The topological polar surface area (TPSA) is 49.7 Å². The molecule has 0 aromatic heterocycles. The van der Waals surface area contributed by atoms with Crippen molar-refractivity contribution in [2.24, 2.45) is 44.8 Å². The predicted octanol–water partition coefficient (Wildman–Crippen LogP) is 6.13. The molecule has 0 radical (unpaired) electrons. The highest BCUT2D eigenvalue weighted by Crippen LogP contribution is 2.74. The van der Waals surface area contributed by atoms with Crippen molar-refractivity contribution in [1.29, 1.82) is 0 Å². The van der Waals surface area contributed by atoms with Gasteiger partial charge in [0.05, 0.1) is 24.9 Å². The molecule has 3 nitrogen and oxygen atoms in total. The highest BCUT2D eigenvalue weighted by Gasteiger charge is 2.68. The Labute approximate surface area is 196 Å². The fraction of sp³-hybridized carbons (Fsp3) is 0.931. The molecule has 4 aliphatic carbocycles. The van der Waals surface area contributed by atoms with Gasteiger partial charge in [-0.3, -0.25) is 0 Å². The molecular formula is C29H48O3. The molecule has 0 aromatic rings. The van der Waals surface area contributed by atoms with Gasteiger partial charge in [-0.1, -0.05) is 53.2 Å². The maximum absolute atomic E-state index is 10.9. The first kappa shape index (κ1) is 23.4. The Morgan fingerprint density at radius 1 is 0.938 bits per heavy atom. The van der Waals surface area contributed by atoms with Gasteiger partial charge in [-0.2, -0.15) is 0 Å². The molecule has 3 heteroatoms. The number of fused-ring (bicyclic) bond motifs is 7. The summed E-state index contributed by atoms with van der Waals surface area (Å²) in [5.74, 6) is 1.54. The van der Waals surface area contributed by atoms with Crippen LogP contribution in [0.4, 0.5) is 0 Å². The second kappa shape index (κ2) is 6.85. The van der Waals surface area contributed by atoms with Gasteiger partial charge in [0.15, 0.2) is 0 Å². The molecule has 2 N–H and O–H groups in total. The number of rotatable bonds is 1. The Hall–Kier alpha value is -0.380. The van der Waals surface area contributed by atoms with Gasteiger partial charge < -0.3 is 14.9 Å². The Bertz CT molecular complexity index is 817. The van der Waals surface area contributed by atoms with Crippen LogP contribution in [-0.2, 0) is 4.74 Å². The lowest BCUT2D eigenvalue weighted by Crippen LogP contribution is -2.66. The van der Waals surface area contributed by atoms with Crippen molar-refractivity contribution >= 4 is 0 Å². The number of aliphatic hydroxyl groups is 2. The first-order valence-electron chi connectivity index (χ1n) is 13.4. The largest absolute Gasteiger partial charge is 0.396 e. The van der Waals surface area contributed by atoms with Gasteiger partial charge in [-0.05, 0) is 91.8 Å². The molecule has 1 heterocycles. The molecule has 0 bridgehead atoms. The van der Waals surface area contributed by atoms with Crippen LogP contribution in [0.3, 0.4) is 0 Å². The molecule has 1 unspecified atom stereocenters. The normalized spacial score (nSPS) is 56.8. The average molecular weight is 445 g/mol. The number of aliphatic hydroxyl groups excluding tert-OH is 2. The van der Waals surface area contributed by atoms with E-state index in [1.165, 1.54) is 19.3 Å². The Morgan fingerprint density at radius 2 is 1.66 bits per heavy atom. The summed E-state index contributed by atoms with van der Waals surface area (Å²) >= 11 is 0. The standard InChI is InChI=1S/C29H48O3/c1-24(2)16-20-19-8-9-22-25(3)12-11-23(31)26(4,17-30)21(25)10-13-28(22,6)27(19,5)14-15-29(20,7)32-18-24/h8,20-23,30-31H,9-18H2,1-7H3/t20-,21?,22-,23+,25+,26+,27-,28-,29-/m1/s1. The fourth-order valence-corrected chi connectivity index (χ4v) is 9.99.